The van der Waals surface area contributed by atoms with Crippen molar-refractivity contribution in [1.29, 1.82) is 0 Å². The second-order valence-electron chi connectivity index (χ2n) is 7.24. The average Bonchev–Trinajstić information content (AvgIpc) is 2.91. The van der Waals surface area contributed by atoms with Gasteiger partial charge in [0.05, 0.1) is 0 Å². The van der Waals surface area contributed by atoms with Crippen molar-refractivity contribution in [3.8, 4) is 0 Å². The average molecular weight is 295 g/mol. The first-order chi connectivity index (χ1) is 9.47. The molecule has 0 bridgehead atoms. The highest BCUT2D eigenvalue weighted by Crippen LogP contribution is 2.34. The normalized spacial score (nSPS) is 20.2. The molecule has 1 saturated heterocycles. The summed E-state index contributed by atoms with van der Waals surface area (Å²) in [6.45, 7) is 14.2. The summed E-state index contributed by atoms with van der Waals surface area (Å²) in [7, 11) is 0. The summed E-state index contributed by atoms with van der Waals surface area (Å²) in [5, 5.41) is 5.75. The van der Waals surface area contributed by atoms with Gasteiger partial charge in [0.1, 0.15) is 0 Å². The number of nitrogens with zero attached hydrogens (tertiary/aromatic N) is 1. The van der Waals surface area contributed by atoms with E-state index in [-0.39, 0.29) is 0 Å². The maximum absolute atomic E-state index is 3.60. The van der Waals surface area contributed by atoms with E-state index < -0.39 is 0 Å². The molecule has 0 aliphatic carbocycles. The van der Waals surface area contributed by atoms with Crippen LogP contribution in [0.4, 0.5) is 0 Å². The van der Waals surface area contributed by atoms with Gasteiger partial charge in [0.25, 0.3) is 0 Å². The van der Waals surface area contributed by atoms with E-state index in [2.05, 4.69) is 55.4 Å². The Morgan fingerprint density at radius 1 is 1.35 bits per heavy atom. The summed E-state index contributed by atoms with van der Waals surface area (Å²) < 4.78 is 0. The molecule has 20 heavy (non-hydrogen) atoms. The highest BCUT2D eigenvalue weighted by atomic mass is 32.1. The Labute approximate surface area is 128 Å². The number of thiophene rings is 1. The van der Waals surface area contributed by atoms with E-state index >= 15 is 0 Å². The van der Waals surface area contributed by atoms with Crippen molar-refractivity contribution < 1.29 is 0 Å². The summed E-state index contributed by atoms with van der Waals surface area (Å²) in [5.74, 6) is 0.894. The van der Waals surface area contributed by atoms with Gasteiger partial charge in [0.15, 0.2) is 0 Å². The van der Waals surface area contributed by atoms with Gasteiger partial charge < -0.3 is 5.32 Å². The van der Waals surface area contributed by atoms with E-state index in [4.69, 9.17) is 0 Å². The van der Waals surface area contributed by atoms with Crippen LogP contribution in [0, 0.1) is 11.3 Å². The van der Waals surface area contributed by atoms with Crippen LogP contribution in [-0.4, -0.2) is 30.6 Å². The summed E-state index contributed by atoms with van der Waals surface area (Å²) in [6.07, 6.45) is 2.72. The van der Waals surface area contributed by atoms with Gasteiger partial charge in [-0.1, -0.05) is 26.8 Å². The largest absolute Gasteiger partial charge is 0.310 e. The Kier molecular flexibility index (Phi) is 5.65. The van der Waals surface area contributed by atoms with Crippen LogP contribution in [0.5, 0.6) is 0 Å². The van der Waals surface area contributed by atoms with Crippen LogP contribution in [0.25, 0.3) is 0 Å². The van der Waals surface area contributed by atoms with Crippen molar-refractivity contribution >= 4 is 11.3 Å². The monoisotopic (exact) mass is 294 g/mol. The lowest BCUT2D eigenvalue weighted by molar-refractivity contribution is 0.0874. The summed E-state index contributed by atoms with van der Waals surface area (Å²) in [4.78, 5) is 4.09. The third-order valence-corrected chi connectivity index (χ3v) is 5.57. The van der Waals surface area contributed by atoms with Crippen molar-refractivity contribution in [1.82, 2.24) is 10.2 Å². The fourth-order valence-electron chi connectivity index (χ4n) is 3.15. The molecule has 1 aromatic heterocycles. The molecule has 1 aliphatic heterocycles. The zero-order valence-electron chi connectivity index (χ0n) is 13.5. The van der Waals surface area contributed by atoms with Crippen LogP contribution in [0.15, 0.2) is 17.5 Å². The molecule has 0 spiro atoms. The second kappa shape index (κ2) is 7.06. The molecule has 2 rings (SSSR count). The first-order valence-electron chi connectivity index (χ1n) is 7.94. The van der Waals surface area contributed by atoms with E-state index in [1.54, 1.807) is 0 Å². The summed E-state index contributed by atoms with van der Waals surface area (Å²) in [6, 6.07) is 4.98. The Balaban J connectivity index is 1.68. The van der Waals surface area contributed by atoms with Gasteiger partial charge in [0, 0.05) is 24.0 Å². The molecule has 3 heteroatoms. The third-order valence-electron chi connectivity index (χ3n) is 4.70. The number of hydrogen-bond acceptors (Lipinski definition) is 3. The molecule has 1 aromatic rings. The van der Waals surface area contributed by atoms with Crippen LogP contribution in [0.3, 0.4) is 0 Å². The highest BCUT2D eigenvalue weighted by Gasteiger charge is 2.29. The van der Waals surface area contributed by atoms with Crippen molar-refractivity contribution in [2.24, 2.45) is 11.3 Å². The van der Waals surface area contributed by atoms with Crippen molar-refractivity contribution in [3.05, 3.63) is 22.4 Å². The van der Waals surface area contributed by atoms with Gasteiger partial charge in [-0.3, -0.25) is 4.90 Å². The minimum Gasteiger partial charge on any atom is -0.310 e. The van der Waals surface area contributed by atoms with E-state index in [1.807, 2.05) is 11.3 Å². The lowest BCUT2D eigenvalue weighted by Gasteiger charge is -2.41. The smallest absolute Gasteiger partial charge is 0.0300 e. The zero-order chi connectivity index (χ0) is 14.6. The molecule has 0 radical (unpaired) electrons. The Bertz CT molecular complexity index is 372. The van der Waals surface area contributed by atoms with Crippen LogP contribution in [-0.2, 0) is 6.54 Å². The third kappa shape index (κ3) is 4.57. The van der Waals surface area contributed by atoms with E-state index in [9.17, 15) is 0 Å². The van der Waals surface area contributed by atoms with Gasteiger partial charge in [-0.2, -0.15) is 0 Å². The van der Waals surface area contributed by atoms with Gasteiger partial charge in [-0.15, -0.1) is 11.3 Å². The maximum atomic E-state index is 3.60. The first-order valence-corrected chi connectivity index (χ1v) is 8.82. The zero-order valence-corrected chi connectivity index (χ0v) is 14.3. The topological polar surface area (TPSA) is 15.3 Å². The van der Waals surface area contributed by atoms with Gasteiger partial charge in [-0.05, 0) is 55.6 Å². The van der Waals surface area contributed by atoms with Crippen LogP contribution in [0.1, 0.15) is 45.4 Å². The fraction of sp³-hybridized carbons (Fsp3) is 0.765. The predicted molar refractivity (Wildman–Crippen MR) is 89.2 cm³/mol. The summed E-state index contributed by atoms with van der Waals surface area (Å²) in [5.41, 5.74) is 0.479. The number of likely N-dealkylation sites (tertiary alicyclic amines) is 1. The minimum atomic E-state index is 0.479. The molecule has 1 unspecified atom stereocenters. The van der Waals surface area contributed by atoms with E-state index in [0.29, 0.717) is 11.5 Å². The molecule has 1 N–H and O–H groups in total. The predicted octanol–water partition coefficient (Wildman–Crippen LogP) is 3.98. The molecule has 0 amide bonds. The lowest BCUT2D eigenvalue weighted by atomic mass is 9.75. The molecular formula is C17H30N2S. The molecule has 2 heterocycles. The molecule has 1 aliphatic rings. The fourth-order valence-corrected chi connectivity index (χ4v) is 3.83. The maximum Gasteiger partial charge on any atom is 0.0300 e. The number of rotatable bonds is 5. The van der Waals surface area contributed by atoms with Crippen LogP contribution < -0.4 is 5.32 Å². The number of piperidine rings is 1. The van der Waals surface area contributed by atoms with Crippen LogP contribution >= 0.6 is 11.3 Å². The van der Waals surface area contributed by atoms with Crippen LogP contribution in [0.2, 0.25) is 0 Å². The molecule has 0 saturated carbocycles. The number of nitrogens with one attached hydrogen (secondary N) is 1. The molecule has 1 atom stereocenters. The standard InChI is InChI=1S/C17H30N2S/c1-14(12-18-13-16-6-5-11-20-16)19-9-7-15(8-10-19)17(2,3)4/h5-6,11,14-15,18H,7-10,12-13H2,1-4H3. The SMILES string of the molecule is CC(CNCc1cccs1)N1CCC(C(C)(C)C)CC1. The van der Waals surface area contributed by atoms with Gasteiger partial charge in [0.2, 0.25) is 0 Å². The molecule has 2 nitrogen and oxygen atoms in total. The minimum absolute atomic E-state index is 0.479. The number of hydrogen-bond donors (Lipinski definition) is 1. The Morgan fingerprint density at radius 2 is 2.05 bits per heavy atom. The van der Waals surface area contributed by atoms with E-state index in [1.165, 1.54) is 30.8 Å². The highest BCUT2D eigenvalue weighted by molar-refractivity contribution is 7.09. The molecule has 0 aromatic carbocycles. The molecule has 1 fully saturated rings. The quantitative estimate of drug-likeness (QED) is 0.883. The molecular weight excluding hydrogens is 264 g/mol. The van der Waals surface area contributed by atoms with Gasteiger partial charge >= 0.3 is 0 Å². The van der Waals surface area contributed by atoms with Crippen molar-refractivity contribution in [2.75, 3.05) is 19.6 Å². The van der Waals surface area contributed by atoms with Gasteiger partial charge in [-0.25, -0.2) is 0 Å². The Hall–Kier alpha value is -0.380. The lowest BCUT2D eigenvalue weighted by Crippen LogP contribution is -2.46. The van der Waals surface area contributed by atoms with Crippen molar-refractivity contribution in [2.45, 2.75) is 53.1 Å². The molecule has 114 valence electrons. The van der Waals surface area contributed by atoms with E-state index in [0.717, 1.165) is 19.0 Å². The second-order valence-corrected chi connectivity index (χ2v) is 8.27. The first kappa shape index (κ1) is 16.0. The van der Waals surface area contributed by atoms with Crippen molar-refractivity contribution in [3.63, 3.8) is 0 Å². The summed E-state index contributed by atoms with van der Waals surface area (Å²) >= 11 is 1.84. The Morgan fingerprint density at radius 3 is 2.60 bits per heavy atom.